The van der Waals surface area contributed by atoms with Gasteiger partial charge in [-0.25, -0.2) is 0 Å². The number of carbonyl (C=O) groups excluding carboxylic acids is 3. The van der Waals surface area contributed by atoms with Crippen LogP contribution < -0.4 is 0 Å². The van der Waals surface area contributed by atoms with E-state index in [-0.39, 0.29) is 24.8 Å². The Bertz CT molecular complexity index is 578. The van der Waals surface area contributed by atoms with Crippen molar-refractivity contribution in [2.24, 2.45) is 16.7 Å². The van der Waals surface area contributed by atoms with E-state index in [2.05, 4.69) is 6.58 Å². The van der Waals surface area contributed by atoms with Crippen molar-refractivity contribution in [3.63, 3.8) is 0 Å². The standard InChI is InChI=1S/C14H14O5/c1-7-3-4-14-12(2)6-18-11(17)9(12)10(16)13(7,14)5-8(15)19-14/h9H,1,3-6H2,2H3/t9?,12-,13?,14+/m1/s1. The van der Waals surface area contributed by atoms with Crippen molar-refractivity contribution in [1.82, 2.24) is 0 Å². The molecule has 0 aromatic carbocycles. The number of esters is 2. The first-order valence-electron chi connectivity index (χ1n) is 6.50. The van der Waals surface area contributed by atoms with Crippen LogP contribution in [-0.4, -0.2) is 29.9 Å². The van der Waals surface area contributed by atoms with Crippen LogP contribution >= 0.6 is 0 Å². The van der Waals surface area contributed by atoms with Crippen LogP contribution in [-0.2, 0) is 23.9 Å². The number of rotatable bonds is 0. The molecule has 2 saturated carbocycles. The van der Waals surface area contributed by atoms with Gasteiger partial charge in [0.05, 0.1) is 11.8 Å². The minimum atomic E-state index is -0.983. The molecular weight excluding hydrogens is 248 g/mol. The summed E-state index contributed by atoms with van der Waals surface area (Å²) in [5.74, 6) is -1.87. The van der Waals surface area contributed by atoms with Gasteiger partial charge in [-0.2, -0.15) is 0 Å². The van der Waals surface area contributed by atoms with Gasteiger partial charge in [0.25, 0.3) is 0 Å². The summed E-state index contributed by atoms with van der Waals surface area (Å²) >= 11 is 0. The Balaban J connectivity index is 2.03. The SMILES string of the molecule is C=C1CC[C@@]23OC(=O)CC12C(=O)C1C(=O)OC[C@]13C. The molecule has 0 amide bonds. The fourth-order valence-electron chi connectivity index (χ4n) is 4.88. The molecule has 4 fully saturated rings. The van der Waals surface area contributed by atoms with E-state index in [4.69, 9.17) is 9.47 Å². The van der Waals surface area contributed by atoms with Crippen molar-refractivity contribution in [1.29, 1.82) is 0 Å². The summed E-state index contributed by atoms with van der Waals surface area (Å²) in [6.07, 6.45) is 1.26. The monoisotopic (exact) mass is 262 g/mol. The van der Waals surface area contributed by atoms with E-state index in [0.29, 0.717) is 12.8 Å². The zero-order valence-corrected chi connectivity index (χ0v) is 10.7. The lowest BCUT2D eigenvalue weighted by Gasteiger charge is -2.39. The van der Waals surface area contributed by atoms with Gasteiger partial charge < -0.3 is 9.47 Å². The molecule has 4 rings (SSSR count). The summed E-state index contributed by atoms with van der Waals surface area (Å²) < 4.78 is 10.7. The Morgan fingerprint density at radius 2 is 2.05 bits per heavy atom. The van der Waals surface area contributed by atoms with Crippen molar-refractivity contribution in [2.75, 3.05) is 6.61 Å². The number of hydrogen-bond acceptors (Lipinski definition) is 5. The molecular formula is C14H14O5. The number of cyclic esters (lactones) is 1. The summed E-state index contributed by atoms with van der Waals surface area (Å²) in [4.78, 5) is 36.6. The molecule has 2 aliphatic heterocycles. The Morgan fingerprint density at radius 3 is 2.79 bits per heavy atom. The average molecular weight is 262 g/mol. The van der Waals surface area contributed by atoms with Crippen LogP contribution in [0.4, 0.5) is 0 Å². The topological polar surface area (TPSA) is 69.7 Å². The second kappa shape index (κ2) is 2.76. The quantitative estimate of drug-likeness (QED) is 0.366. The van der Waals surface area contributed by atoms with Gasteiger partial charge in [-0.15, -0.1) is 0 Å². The maximum absolute atomic E-state index is 12.8. The lowest BCUT2D eigenvalue weighted by Crippen LogP contribution is -2.50. The highest BCUT2D eigenvalue weighted by Crippen LogP contribution is 2.73. The number of carbonyl (C=O) groups is 3. The second-order valence-electron chi connectivity index (χ2n) is 6.31. The molecule has 0 aromatic heterocycles. The molecule has 100 valence electrons. The molecule has 2 unspecified atom stereocenters. The van der Waals surface area contributed by atoms with Crippen molar-refractivity contribution in [3.8, 4) is 0 Å². The molecule has 4 atom stereocenters. The Kier molecular flexibility index (Phi) is 1.63. The minimum Gasteiger partial charge on any atom is -0.464 e. The molecule has 4 aliphatic rings. The Morgan fingerprint density at radius 1 is 1.32 bits per heavy atom. The molecule has 5 nitrogen and oxygen atoms in total. The van der Waals surface area contributed by atoms with Crippen LogP contribution in [0, 0.1) is 16.7 Å². The highest BCUT2D eigenvalue weighted by molar-refractivity contribution is 6.12. The predicted molar refractivity (Wildman–Crippen MR) is 61.8 cm³/mol. The molecule has 2 aliphatic carbocycles. The molecule has 2 heterocycles. The van der Waals surface area contributed by atoms with Gasteiger partial charge in [0.15, 0.2) is 5.78 Å². The molecule has 0 N–H and O–H groups in total. The lowest BCUT2D eigenvalue weighted by atomic mass is 9.66. The van der Waals surface area contributed by atoms with E-state index >= 15 is 0 Å². The molecule has 0 spiro atoms. The number of ether oxygens (including phenoxy) is 2. The van der Waals surface area contributed by atoms with E-state index in [1.807, 2.05) is 6.92 Å². The third-order valence-electron chi connectivity index (χ3n) is 5.76. The summed E-state index contributed by atoms with van der Waals surface area (Å²) in [5.41, 5.74) is -1.90. The van der Waals surface area contributed by atoms with Crippen LogP contribution in [0.15, 0.2) is 12.2 Å². The summed E-state index contributed by atoms with van der Waals surface area (Å²) in [5, 5.41) is 0. The Hall–Kier alpha value is -1.65. The molecule has 2 saturated heterocycles. The van der Waals surface area contributed by atoms with Gasteiger partial charge in [0.2, 0.25) is 0 Å². The summed E-state index contributed by atoms with van der Waals surface area (Å²) in [6.45, 7) is 5.96. The lowest BCUT2D eigenvalue weighted by molar-refractivity contribution is -0.162. The molecule has 0 bridgehead atoms. The molecule has 0 radical (unpaired) electrons. The van der Waals surface area contributed by atoms with Crippen LogP contribution in [0.5, 0.6) is 0 Å². The van der Waals surface area contributed by atoms with Crippen LogP contribution in [0.25, 0.3) is 0 Å². The smallest absolute Gasteiger partial charge is 0.317 e. The average Bonchev–Trinajstić information content (AvgIpc) is 2.94. The van der Waals surface area contributed by atoms with Crippen LogP contribution in [0.1, 0.15) is 26.2 Å². The van der Waals surface area contributed by atoms with Crippen LogP contribution in [0.3, 0.4) is 0 Å². The van der Waals surface area contributed by atoms with Gasteiger partial charge in [-0.3, -0.25) is 14.4 Å². The zero-order valence-electron chi connectivity index (χ0n) is 10.7. The van der Waals surface area contributed by atoms with Gasteiger partial charge >= 0.3 is 11.9 Å². The highest BCUT2D eigenvalue weighted by Gasteiger charge is 2.85. The van der Waals surface area contributed by atoms with E-state index in [1.54, 1.807) is 0 Å². The van der Waals surface area contributed by atoms with Crippen LogP contribution in [0.2, 0.25) is 0 Å². The van der Waals surface area contributed by atoms with Gasteiger partial charge in [0.1, 0.15) is 23.5 Å². The van der Waals surface area contributed by atoms with E-state index in [0.717, 1.165) is 5.57 Å². The largest absolute Gasteiger partial charge is 0.464 e. The second-order valence-corrected chi connectivity index (χ2v) is 6.31. The van der Waals surface area contributed by atoms with E-state index < -0.39 is 28.3 Å². The van der Waals surface area contributed by atoms with Crippen molar-refractivity contribution in [2.45, 2.75) is 31.8 Å². The maximum atomic E-state index is 12.8. The van der Waals surface area contributed by atoms with Crippen molar-refractivity contribution < 1.29 is 23.9 Å². The fourth-order valence-corrected chi connectivity index (χ4v) is 4.88. The van der Waals surface area contributed by atoms with Crippen molar-refractivity contribution in [3.05, 3.63) is 12.2 Å². The van der Waals surface area contributed by atoms with E-state index in [1.165, 1.54) is 0 Å². The third kappa shape index (κ3) is 0.813. The molecule has 19 heavy (non-hydrogen) atoms. The normalized spacial score (nSPS) is 50.9. The van der Waals surface area contributed by atoms with E-state index in [9.17, 15) is 14.4 Å². The third-order valence-corrected chi connectivity index (χ3v) is 5.76. The first kappa shape index (κ1) is 11.2. The number of ketones is 1. The minimum absolute atomic E-state index is 0.0318. The van der Waals surface area contributed by atoms with Gasteiger partial charge in [-0.05, 0) is 12.8 Å². The number of Topliss-reactive ketones (excluding diaryl/α,β-unsaturated/α-hetero) is 1. The fraction of sp³-hybridized carbons (Fsp3) is 0.643. The highest BCUT2D eigenvalue weighted by atomic mass is 16.6. The maximum Gasteiger partial charge on any atom is 0.317 e. The first-order valence-corrected chi connectivity index (χ1v) is 6.50. The van der Waals surface area contributed by atoms with Gasteiger partial charge in [-0.1, -0.05) is 19.1 Å². The Labute approximate surface area is 109 Å². The molecule has 5 heteroatoms. The number of hydrogen-bond donors (Lipinski definition) is 0. The number of fused-ring (bicyclic) bond motifs is 1. The summed E-state index contributed by atoms with van der Waals surface area (Å²) in [6, 6.07) is 0. The first-order chi connectivity index (χ1) is 8.89. The van der Waals surface area contributed by atoms with Crippen molar-refractivity contribution >= 4 is 17.7 Å². The molecule has 0 aromatic rings. The zero-order chi connectivity index (χ0) is 13.6. The van der Waals surface area contributed by atoms with Gasteiger partial charge in [0, 0.05) is 0 Å². The summed E-state index contributed by atoms with van der Waals surface area (Å²) in [7, 11) is 0. The predicted octanol–water partition coefficient (Wildman–Crippen LogP) is 0.770.